The predicted octanol–water partition coefficient (Wildman–Crippen LogP) is 4.69. The predicted molar refractivity (Wildman–Crippen MR) is 133 cm³/mol. The third kappa shape index (κ3) is 4.09. The van der Waals surface area contributed by atoms with Crippen molar-refractivity contribution in [1.29, 1.82) is 0 Å². The number of nitrogens with two attached hydrogens (primary N) is 1. The Morgan fingerprint density at radius 2 is 1.65 bits per heavy atom. The maximum absolute atomic E-state index is 6.29. The van der Waals surface area contributed by atoms with Gasteiger partial charge in [0.25, 0.3) is 0 Å². The minimum absolute atomic E-state index is 0.286. The lowest BCUT2D eigenvalue weighted by atomic mass is 10.2. The summed E-state index contributed by atoms with van der Waals surface area (Å²) in [6.07, 6.45) is 1.83. The van der Waals surface area contributed by atoms with Crippen molar-refractivity contribution in [2.24, 2.45) is 0 Å². The van der Waals surface area contributed by atoms with Crippen LogP contribution in [0.4, 0.5) is 11.8 Å². The number of methoxy groups -OCH3 is 2. The Labute approximate surface area is 197 Å². The topological polar surface area (TPSA) is 100 Å². The molecule has 170 valence electrons. The quantitative estimate of drug-likeness (QED) is 0.369. The molecule has 0 bridgehead atoms. The molecule has 5 rings (SSSR count). The zero-order valence-electron chi connectivity index (χ0n) is 18.9. The average molecular weight is 453 g/mol. The van der Waals surface area contributed by atoms with E-state index >= 15 is 0 Å². The van der Waals surface area contributed by atoms with Crippen LogP contribution < -0.4 is 20.5 Å². The summed E-state index contributed by atoms with van der Waals surface area (Å²) in [6.45, 7) is 0.611. The van der Waals surface area contributed by atoms with E-state index in [0.29, 0.717) is 35.3 Å². The lowest BCUT2D eigenvalue weighted by Gasteiger charge is -2.13. The average Bonchev–Trinajstić information content (AvgIpc) is 3.28. The molecule has 8 heteroatoms. The second-order valence-electron chi connectivity index (χ2n) is 7.65. The molecule has 0 unspecified atom stereocenters. The van der Waals surface area contributed by atoms with Gasteiger partial charge in [-0.2, -0.15) is 4.98 Å². The molecule has 2 aromatic heterocycles. The van der Waals surface area contributed by atoms with Crippen LogP contribution in [0.3, 0.4) is 0 Å². The largest absolute Gasteiger partial charge is 0.497 e. The molecule has 0 aliphatic rings. The molecule has 5 aromatic rings. The molecular weight excluding hydrogens is 428 g/mol. The van der Waals surface area contributed by atoms with Crippen molar-refractivity contribution in [2.45, 2.75) is 6.54 Å². The monoisotopic (exact) mass is 452 g/mol. The first-order valence-electron chi connectivity index (χ1n) is 10.8. The first-order valence-corrected chi connectivity index (χ1v) is 10.8. The highest BCUT2D eigenvalue weighted by Gasteiger charge is 2.16. The molecule has 0 saturated carbocycles. The number of rotatable bonds is 7. The number of benzene rings is 3. The number of nitrogens with zero attached hydrogens (tertiary/aromatic N) is 4. The summed E-state index contributed by atoms with van der Waals surface area (Å²) in [5, 5.41) is 4.30. The number of hydrogen-bond acceptors (Lipinski definition) is 7. The van der Waals surface area contributed by atoms with Crippen molar-refractivity contribution in [2.75, 3.05) is 25.3 Å². The Morgan fingerprint density at radius 1 is 0.853 bits per heavy atom. The highest BCUT2D eigenvalue weighted by atomic mass is 16.5. The highest BCUT2D eigenvalue weighted by Crippen LogP contribution is 2.31. The van der Waals surface area contributed by atoms with Crippen LogP contribution in [0.2, 0.25) is 0 Å². The van der Waals surface area contributed by atoms with E-state index in [1.807, 2.05) is 66.9 Å². The Morgan fingerprint density at radius 3 is 2.38 bits per heavy atom. The Bertz CT molecular complexity index is 1430. The molecule has 0 amide bonds. The summed E-state index contributed by atoms with van der Waals surface area (Å²) in [7, 11) is 3.26. The lowest BCUT2D eigenvalue weighted by molar-refractivity contribution is 0.415. The molecule has 0 spiro atoms. The van der Waals surface area contributed by atoms with Crippen molar-refractivity contribution in [3.63, 3.8) is 0 Å². The van der Waals surface area contributed by atoms with Crippen LogP contribution in [-0.4, -0.2) is 33.7 Å². The number of hydrogen-bond donors (Lipinski definition) is 2. The summed E-state index contributed by atoms with van der Waals surface area (Å²) >= 11 is 0. The van der Waals surface area contributed by atoms with Gasteiger partial charge in [-0.3, -0.25) is 4.57 Å². The van der Waals surface area contributed by atoms with E-state index in [2.05, 4.69) is 22.4 Å². The molecule has 0 aliphatic carbocycles. The van der Waals surface area contributed by atoms with E-state index in [9.17, 15) is 0 Å². The zero-order chi connectivity index (χ0) is 23.5. The van der Waals surface area contributed by atoms with Crippen molar-refractivity contribution in [3.8, 4) is 28.7 Å². The highest BCUT2D eigenvalue weighted by molar-refractivity contribution is 5.93. The number of para-hydroxylation sites is 1. The molecule has 3 N–H and O–H groups in total. The van der Waals surface area contributed by atoms with E-state index in [1.54, 1.807) is 18.8 Å². The smallest absolute Gasteiger partial charge is 0.239 e. The molecule has 0 fully saturated rings. The summed E-state index contributed by atoms with van der Waals surface area (Å²) in [5.74, 6) is 2.79. The van der Waals surface area contributed by atoms with Crippen LogP contribution in [-0.2, 0) is 6.54 Å². The molecule has 0 atom stereocenters. The second kappa shape index (κ2) is 9.11. The summed E-state index contributed by atoms with van der Waals surface area (Å²) in [4.78, 5) is 14.1. The first-order chi connectivity index (χ1) is 16.7. The van der Waals surface area contributed by atoms with Crippen molar-refractivity contribution in [1.82, 2.24) is 19.5 Å². The molecule has 8 nitrogen and oxygen atoms in total. The number of aromatic nitrogens is 4. The number of imidazole rings is 1. The molecule has 34 heavy (non-hydrogen) atoms. The molecule has 2 heterocycles. The normalized spacial score (nSPS) is 10.9. The molecule has 3 aromatic carbocycles. The third-order valence-corrected chi connectivity index (χ3v) is 5.53. The van der Waals surface area contributed by atoms with E-state index < -0.39 is 0 Å². The summed E-state index contributed by atoms with van der Waals surface area (Å²) < 4.78 is 12.5. The van der Waals surface area contributed by atoms with Crippen molar-refractivity contribution >= 4 is 22.7 Å². The van der Waals surface area contributed by atoms with Gasteiger partial charge in [0, 0.05) is 23.7 Å². The van der Waals surface area contributed by atoms with Gasteiger partial charge in [0.1, 0.15) is 22.8 Å². The molecular formula is C26H24N6O2. The maximum Gasteiger partial charge on any atom is 0.239 e. The Balaban J connectivity index is 1.58. The standard InChI is InChI=1S/C26H24N6O2/c1-33-19-13-11-18(12-14-19)21-16-32(25(27)29-21)26-30-23-20(9-6-10-22(23)34-2)24(31-26)28-15-17-7-4-3-5-8-17/h3-14,16H,15H2,1-2H3,(H2,27,29)(H,28,30,31). The minimum atomic E-state index is 0.286. The minimum Gasteiger partial charge on any atom is -0.497 e. The van der Waals surface area contributed by atoms with Crippen LogP contribution in [0.1, 0.15) is 5.56 Å². The van der Waals surface area contributed by atoms with Crippen LogP contribution in [0, 0.1) is 0 Å². The van der Waals surface area contributed by atoms with Gasteiger partial charge in [-0.1, -0.05) is 36.4 Å². The zero-order valence-corrected chi connectivity index (χ0v) is 18.9. The van der Waals surface area contributed by atoms with Crippen LogP contribution >= 0.6 is 0 Å². The number of nitrogens with one attached hydrogen (secondary N) is 1. The third-order valence-electron chi connectivity index (χ3n) is 5.53. The van der Waals surface area contributed by atoms with Gasteiger partial charge in [0.2, 0.25) is 11.9 Å². The van der Waals surface area contributed by atoms with Crippen molar-refractivity contribution in [3.05, 3.63) is 84.6 Å². The maximum atomic E-state index is 6.29. The fraction of sp³-hybridized carbons (Fsp3) is 0.115. The number of fused-ring (bicyclic) bond motifs is 1. The van der Waals surface area contributed by atoms with E-state index in [-0.39, 0.29) is 5.95 Å². The number of anilines is 2. The SMILES string of the molecule is COc1ccc(-c2cn(-c3nc(NCc4ccccc4)c4cccc(OC)c4n3)c(N)n2)cc1. The van der Waals surface area contributed by atoms with Gasteiger partial charge in [0.05, 0.1) is 19.9 Å². The molecule has 0 radical (unpaired) electrons. The second-order valence-corrected chi connectivity index (χ2v) is 7.65. The van der Waals surface area contributed by atoms with Gasteiger partial charge in [0.15, 0.2) is 0 Å². The van der Waals surface area contributed by atoms with Gasteiger partial charge in [-0.25, -0.2) is 9.97 Å². The van der Waals surface area contributed by atoms with Gasteiger partial charge in [-0.15, -0.1) is 0 Å². The van der Waals surface area contributed by atoms with Gasteiger partial charge in [-0.05, 0) is 42.0 Å². The molecule has 0 aliphatic heterocycles. The van der Waals surface area contributed by atoms with Crippen molar-refractivity contribution < 1.29 is 9.47 Å². The van der Waals surface area contributed by atoms with Crippen LogP contribution in [0.5, 0.6) is 11.5 Å². The fourth-order valence-electron chi connectivity index (χ4n) is 3.76. The van der Waals surface area contributed by atoms with E-state index in [1.165, 1.54) is 0 Å². The Kier molecular flexibility index (Phi) is 5.70. The first kappa shape index (κ1) is 21.3. The van der Waals surface area contributed by atoms with E-state index in [0.717, 1.165) is 22.3 Å². The summed E-state index contributed by atoms with van der Waals surface area (Å²) in [6, 6.07) is 23.5. The van der Waals surface area contributed by atoms with Gasteiger partial charge < -0.3 is 20.5 Å². The Hall–Kier alpha value is -4.59. The van der Waals surface area contributed by atoms with E-state index in [4.69, 9.17) is 25.2 Å². The number of nitrogen functional groups attached to an aromatic ring is 1. The summed E-state index contributed by atoms with van der Waals surface area (Å²) in [5.41, 5.74) is 9.74. The number of ether oxygens (including phenoxy) is 2. The molecule has 0 saturated heterocycles. The van der Waals surface area contributed by atoms with Crippen LogP contribution in [0.15, 0.2) is 79.0 Å². The fourth-order valence-corrected chi connectivity index (χ4v) is 3.76. The van der Waals surface area contributed by atoms with Crippen LogP contribution in [0.25, 0.3) is 28.1 Å². The van der Waals surface area contributed by atoms with Gasteiger partial charge >= 0.3 is 0 Å². The lowest BCUT2D eigenvalue weighted by Crippen LogP contribution is -2.09.